The van der Waals surface area contributed by atoms with Crippen molar-refractivity contribution in [3.8, 4) is 11.5 Å². The molecule has 0 atom stereocenters. The van der Waals surface area contributed by atoms with E-state index in [0.29, 0.717) is 13.0 Å². The number of amides is 1. The van der Waals surface area contributed by atoms with Gasteiger partial charge in [-0.25, -0.2) is 0 Å². The van der Waals surface area contributed by atoms with Gasteiger partial charge in [0.15, 0.2) is 0 Å². The van der Waals surface area contributed by atoms with Gasteiger partial charge in [0.05, 0.1) is 0 Å². The number of rotatable bonds is 8. The topological polar surface area (TPSA) is 50.4 Å². The molecule has 1 amide bonds. The summed E-state index contributed by atoms with van der Waals surface area (Å²) in [4.78, 5) is 11.8. The number of aryl methyl sites for hydroxylation is 1. The van der Waals surface area contributed by atoms with Crippen LogP contribution >= 0.6 is 0 Å². The van der Waals surface area contributed by atoms with Crippen molar-refractivity contribution < 1.29 is 9.53 Å². The number of benzene rings is 2. The van der Waals surface area contributed by atoms with Gasteiger partial charge in [0.1, 0.15) is 11.5 Å². The lowest BCUT2D eigenvalue weighted by Gasteiger charge is -2.12. The van der Waals surface area contributed by atoms with Crippen LogP contribution < -0.4 is 15.4 Å². The normalized spacial score (nSPS) is 10.3. The van der Waals surface area contributed by atoms with E-state index in [9.17, 15) is 4.79 Å². The van der Waals surface area contributed by atoms with Crippen molar-refractivity contribution in [1.82, 2.24) is 10.6 Å². The first-order valence-electron chi connectivity index (χ1n) is 7.93. The zero-order valence-electron chi connectivity index (χ0n) is 13.8. The Bertz CT molecular complexity index is 624. The van der Waals surface area contributed by atoms with Crippen LogP contribution in [0.15, 0.2) is 48.5 Å². The highest BCUT2D eigenvalue weighted by Gasteiger charge is 2.06. The number of nitrogens with one attached hydrogen (secondary N) is 2. The maximum atomic E-state index is 11.8. The molecule has 0 unspecified atom stereocenters. The number of hydrogen-bond donors (Lipinski definition) is 2. The third kappa shape index (κ3) is 5.75. The highest BCUT2D eigenvalue weighted by atomic mass is 16.5. The molecule has 0 radical (unpaired) electrons. The van der Waals surface area contributed by atoms with Crippen molar-refractivity contribution in [2.45, 2.75) is 26.3 Å². The molecule has 0 aliphatic heterocycles. The molecule has 4 heteroatoms. The minimum Gasteiger partial charge on any atom is -0.457 e. The number of para-hydroxylation sites is 1. The lowest BCUT2D eigenvalue weighted by molar-refractivity contribution is -0.121. The predicted octanol–water partition coefficient (Wildman–Crippen LogP) is 3.40. The smallest absolute Gasteiger partial charge is 0.220 e. The average Bonchev–Trinajstić information content (AvgIpc) is 2.56. The van der Waals surface area contributed by atoms with Gasteiger partial charge < -0.3 is 15.4 Å². The standard InChI is InChI=1S/C19H24N2O2/c1-15-9-11-17(12-10-15)23-18-7-4-3-6-16(18)14-21-19(22)8-5-13-20-2/h3-4,6-7,9-12,20H,5,8,13-14H2,1-2H3,(H,21,22). The van der Waals surface area contributed by atoms with Crippen LogP contribution in [-0.2, 0) is 11.3 Å². The van der Waals surface area contributed by atoms with Gasteiger partial charge in [0.25, 0.3) is 0 Å². The molecule has 0 saturated heterocycles. The lowest BCUT2D eigenvalue weighted by atomic mass is 10.2. The summed E-state index contributed by atoms with van der Waals surface area (Å²) in [6, 6.07) is 15.7. The second-order valence-corrected chi connectivity index (χ2v) is 5.51. The molecule has 0 saturated carbocycles. The van der Waals surface area contributed by atoms with E-state index in [0.717, 1.165) is 30.0 Å². The van der Waals surface area contributed by atoms with Gasteiger partial charge >= 0.3 is 0 Å². The van der Waals surface area contributed by atoms with Crippen LogP contribution in [0, 0.1) is 6.92 Å². The van der Waals surface area contributed by atoms with Crippen LogP contribution in [0.5, 0.6) is 11.5 Å². The molecular formula is C19H24N2O2. The molecular weight excluding hydrogens is 288 g/mol. The van der Waals surface area contributed by atoms with E-state index in [1.807, 2.05) is 62.5 Å². The van der Waals surface area contributed by atoms with Gasteiger partial charge in [-0.05, 0) is 45.1 Å². The summed E-state index contributed by atoms with van der Waals surface area (Å²) in [6.45, 7) is 3.36. The molecule has 23 heavy (non-hydrogen) atoms. The van der Waals surface area contributed by atoms with Crippen LogP contribution in [0.4, 0.5) is 0 Å². The molecule has 0 heterocycles. The molecule has 0 bridgehead atoms. The predicted molar refractivity (Wildman–Crippen MR) is 92.7 cm³/mol. The van der Waals surface area contributed by atoms with Gasteiger partial charge in [-0.2, -0.15) is 0 Å². The monoisotopic (exact) mass is 312 g/mol. The summed E-state index contributed by atoms with van der Waals surface area (Å²) in [5, 5.41) is 5.98. The molecule has 0 aromatic heterocycles. The largest absolute Gasteiger partial charge is 0.457 e. The van der Waals surface area contributed by atoms with Crippen molar-refractivity contribution in [3.63, 3.8) is 0 Å². The highest BCUT2D eigenvalue weighted by Crippen LogP contribution is 2.25. The third-order valence-corrected chi connectivity index (χ3v) is 3.53. The molecule has 4 nitrogen and oxygen atoms in total. The summed E-state index contributed by atoms with van der Waals surface area (Å²) in [6.07, 6.45) is 1.37. The SMILES string of the molecule is CNCCCC(=O)NCc1ccccc1Oc1ccc(C)cc1. The van der Waals surface area contributed by atoms with Crippen LogP contribution in [0.3, 0.4) is 0 Å². The Morgan fingerprint density at radius 1 is 1.09 bits per heavy atom. The van der Waals surface area contributed by atoms with Crippen molar-refractivity contribution >= 4 is 5.91 Å². The van der Waals surface area contributed by atoms with Gasteiger partial charge in [-0.3, -0.25) is 4.79 Å². The van der Waals surface area contributed by atoms with Crippen molar-refractivity contribution in [2.75, 3.05) is 13.6 Å². The fourth-order valence-electron chi connectivity index (χ4n) is 2.19. The Hall–Kier alpha value is -2.33. The summed E-state index contributed by atoms with van der Waals surface area (Å²) < 4.78 is 5.93. The summed E-state index contributed by atoms with van der Waals surface area (Å²) in [7, 11) is 1.89. The Morgan fingerprint density at radius 3 is 2.57 bits per heavy atom. The molecule has 0 fully saturated rings. The second-order valence-electron chi connectivity index (χ2n) is 5.51. The van der Waals surface area contributed by atoms with Crippen molar-refractivity contribution in [1.29, 1.82) is 0 Å². The first-order valence-corrected chi connectivity index (χ1v) is 7.93. The van der Waals surface area contributed by atoms with E-state index in [1.165, 1.54) is 5.56 Å². The van der Waals surface area contributed by atoms with Crippen LogP contribution in [0.25, 0.3) is 0 Å². The third-order valence-electron chi connectivity index (χ3n) is 3.53. The Kier molecular flexibility index (Phi) is 6.63. The summed E-state index contributed by atoms with van der Waals surface area (Å²) in [5.74, 6) is 1.63. The molecule has 0 spiro atoms. The fraction of sp³-hybridized carbons (Fsp3) is 0.316. The van der Waals surface area contributed by atoms with Gasteiger partial charge in [0.2, 0.25) is 5.91 Å². The minimum absolute atomic E-state index is 0.0605. The van der Waals surface area contributed by atoms with Gasteiger partial charge in [0, 0.05) is 18.5 Å². The van der Waals surface area contributed by atoms with E-state index in [1.54, 1.807) is 0 Å². The Labute approximate surface area is 137 Å². The van der Waals surface area contributed by atoms with E-state index in [4.69, 9.17) is 4.74 Å². The number of carbonyl (C=O) groups is 1. The molecule has 0 aliphatic rings. The quantitative estimate of drug-likeness (QED) is 0.735. The summed E-state index contributed by atoms with van der Waals surface area (Å²) in [5.41, 5.74) is 2.16. The molecule has 2 aromatic rings. The highest BCUT2D eigenvalue weighted by molar-refractivity contribution is 5.75. The molecule has 2 N–H and O–H groups in total. The second kappa shape index (κ2) is 8.96. The van der Waals surface area contributed by atoms with Gasteiger partial charge in [-0.1, -0.05) is 35.9 Å². The Morgan fingerprint density at radius 2 is 1.83 bits per heavy atom. The van der Waals surface area contributed by atoms with E-state index < -0.39 is 0 Å². The van der Waals surface area contributed by atoms with E-state index in [2.05, 4.69) is 10.6 Å². The van der Waals surface area contributed by atoms with Gasteiger partial charge in [-0.15, -0.1) is 0 Å². The lowest BCUT2D eigenvalue weighted by Crippen LogP contribution is -2.23. The Balaban J connectivity index is 1.94. The van der Waals surface area contributed by atoms with E-state index in [-0.39, 0.29) is 5.91 Å². The molecule has 122 valence electrons. The fourth-order valence-corrected chi connectivity index (χ4v) is 2.19. The first-order chi connectivity index (χ1) is 11.2. The maximum Gasteiger partial charge on any atom is 0.220 e. The minimum atomic E-state index is 0.0605. The van der Waals surface area contributed by atoms with Crippen molar-refractivity contribution in [3.05, 3.63) is 59.7 Å². The van der Waals surface area contributed by atoms with Crippen LogP contribution in [0.2, 0.25) is 0 Å². The van der Waals surface area contributed by atoms with E-state index >= 15 is 0 Å². The first kappa shape index (κ1) is 17.0. The molecule has 0 aliphatic carbocycles. The number of ether oxygens (including phenoxy) is 1. The molecule has 2 rings (SSSR count). The summed E-state index contributed by atoms with van der Waals surface area (Å²) >= 11 is 0. The maximum absolute atomic E-state index is 11.8. The van der Waals surface area contributed by atoms with Crippen LogP contribution in [-0.4, -0.2) is 19.5 Å². The van der Waals surface area contributed by atoms with Crippen molar-refractivity contribution in [2.24, 2.45) is 0 Å². The number of carbonyl (C=O) groups excluding carboxylic acids is 1. The van der Waals surface area contributed by atoms with Crippen LogP contribution in [0.1, 0.15) is 24.0 Å². The zero-order chi connectivity index (χ0) is 16.5. The zero-order valence-corrected chi connectivity index (χ0v) is 13.8. The molecule has 2 aromatic carbocycles. The number of hydrogen-bond acceptors (Lipinski definition) is 3. The average molecular weight is 312 g/mol.